The first-order valence-corrected chi connectivity index (χ1v) is 7.53. The number of methoxy groups -OCH3 is 2. The van der Waals surface area contributed by atoms with Crippen LogP contribution < -0.4 is 0 Å². The molecule has 0 radical (unpaired) electrons. The van der Waals surface area contributed by atoms with Crippen LogP contribution in [0.15, 0.2) is 0 Å². The van der Waals surface area contributed by atoms with Gasteiger partial charge in [0.1, 0.15) is 0 Å². The van der Waals surface area contributed by atoms with Crippen LogP contribution in [0.4, 0.5) is 0 Å². The van der Waals surface area contributed by atoms with Crippen LogP contribution in [0.2, 0.25) is 0 Å². The van der Waals surface area contributed by atoms with Crippen molar-refractivity contribution in [3.63, 3.8) is 0 Å². The van der Waals surface area contributed by atoms with Crippen LogP contribution in [0, 0.1) is 0 Å². The molecule has 128 valence electrons. The Bertz CT molecular complexity index is 337. The van der Waals surface area contributed by atoms with Crippen molar-refractivity contribution in [2.45, 2.75) is 0 Å². The van der Waals surface area contributed by atoms with Crippen molar-refractivity contribution in [3.05, 3.63) is 0 Å². The molecule has 8 heteroatoms. The standard InChI is InChI=1S/C14H27N3O5/c1-21-11-8-17(9-12-22-2)14(20)13(19)16-5-3-15(4-6-16)7-10-18/h18H,3-12H2,1-2H3. The first-order chi connectivity index (χ1) is 10.6. The fourth-order valence-electron chi connectivity index (χ4n) is 2.30. The lowest BCUT2D eigenvalue weighted by Crippen LogP contribution is -2.54. The second-order valence-corrected chi connectivity index (χ2v) is 5.14. The Morgan fingerprint density at radius 1 is 1.05 bits per heavy atom. The van der Waals surface area contributed by atoms with E-state index in [1.165, 1.54) is 4.90 Å². The molecule has 0 unspecified atom stereocenters. The van der Waals surface area contributed by atoms with E-state index in [0.29, 0.717) is 59.0 Å². The minimum atomic E-state index is -0.510. The van der Waals surface area contributed by atoms with Crippen molar-refractivity contribution >= 4 is 11.8 Å². The molecule has 1 aliphatic rings. The summed E-state index contributed by atoms with van der Waals surface area (Å²) in [5.41, 5.74) is 0. The summed E-state index contributed by atoms with van der Waals surface area (Å²) in [6, 6.07) is 0. The molecular formula is C14H27N3O5. The predicted molar refractivity (Wildman–Crippen MR) is 80.4 cm³/mol. The highest BCUT2D eigenvalue weighted by molar-refractivity contribution is 6.34. The third-order valence-electron chi connectivity index (χ3n) is 3.68. The summed E-state index contributed by atoms with van der Waals surface area (Å²) >= 11 is 0. The number of aliphatic hydroxyl groups excluding tert-OH is 1. The van der Waals surface area contributed by atoms with Crippen LogP contribution in [-0.4, -0.2) is 111 Å². The average molecular weight is 317 g/mol. The van der Waals surface area contributed by atoms with Gasteiger partial charge in [-0.25, -0.2) is 0 Å². The van der Waals surface area contributed by atoms with Gasteiger partial charge in [0.2, 0.25) is 0 Å². The molecule has 0 spiro atoms. The molecule has 8 nitrogen and oxygen atoms in total. The highest BCUT2D eigenvalue weighted by Gasteiger charge is 2.29. The quantitative estimate of drug-likeness (QED) is 0.534. The van der Waals surface area contributed by atoms with E-state index >= 15 is 0 Å². The van der Waals surface area contributed by atoms with E-state index < -0.39 is 11.8 Å². The largest absolute Gasteiger partial charge is 0.395 e. The number of hydrogen-bond acceptors (Lipinski definition) is 6. The zero-order valence-corrected chi connectivity index (χ0v) is 13.5. The molecule has 0 atom stereocenters. The number of β-amino-alcohol motifs (C(OH)–C–C–N with tert-alkyl or cyclic N) is 1. The molecule has 1 saturated heterocycles. The average Bonchev–Trinajstić information content (AvgIpc) is 2.55. The molecule has 1 aliphatic heterocycles. The van der Waals surface area contributed by atoms with E-state index in [-0.39, 0.29) is 6.61 Å². The van der Waals surface area contributed by atoms with Crippen LogP contribution in [0.5, 0.6) is 0 Å². The van der Waals surface area contributed by atoms with Crippen LogP contribution in [0.25, 0.3) is 0 Å². The summed E-state index contributed by atoms with van der Waals surface area (Å²) in [5, 5.41) is 8.91. The number of carbonyl (C=O) groups excluding carboxylic acids is 2. The first kappa shape index (κ1) is 18.8. The summed E-state index contributed by atoms with van der Waals surface area (Å²) in [6.07, 6.45) is 0. The summed E-state index contributed by atoms with van der Waals surface area (Å²) in [6.45, 7) is 4.58. The molecule has 22 heavy (non-hydrogen) atoms. The Kier molecular flexibility index (Phi) is 8.98. The SMILES string of the molecule is COCCN(CCOC)C(=O)C(=O)N1CCN(CCO)CC1. The Morgan fingerprint density at radius 3 is 2.05 bits per heavy atom. The van der Waals surface area contributed by atoms with Crippen LogP contribution in [0.1, 0.15) is 0 Å². The lowest BCUT2D eigenvalue weighted by atomic mass is 10.3. The molecule has 1 N–H and O–H groups in total. The van der Waals surface area contributed by atoms with E-state index in [1.807, 2.05) is 0 Å². The van der Waals surface area contributed by atoms with Crippen LogP contribution in [0.3, 0.4) is 0 Å². The second-order valence-electron chi connectivity index (χ2n) is 5.14. The number of carbonyl (C=O) groups is 2. The Labute approximate surface area is 131 Å². The predicted octanol–water partition coefficient (Wildman–Crippen LogP) is -1.76. The van der Waals surface area contributed by atoms with Gasteiger partial charge in [0.05, 0.1) is 19.8 Å². The molecule has 0 aromatic rings. The van der Waals surface area contributed by atoms with Gasteiger partial charge >= 0.3 is 11.8 Å². The Morgan fingerprint density at radius 2 is 1.59 bits per heavy atom. The molecule has 1 fully saturated rings. The van der Waals surface area contributed by atoms with E-state index in [4.69, 9.17) is 14.6 Å². The number of aliphatic hydroxyl groups is 1. The second kappa shape index (κ2) is 10.5. The van der Waals surface area contributed by atoms with Gasteiger partial charge in [-0.15, -0.1) is 0 Å². The van der Waals surface area contributed by atoms with E-state index in [2.05, 4.69) is 4.90 Å². The fourth-order valence-corrected chi connectivity index (χ4v) is 2.30. The highest BCUT2D eigenvalue weighted by Crippen LogP contribution is 2.04. The van der Waals surface area contributed by atoms with E-state index in [0.717, 1.165) is 0 Å². The topological polar surface area (TPSA) is 82.6 Å². The van der Waals surface area contributed by atoms with E-state index in [1.54, 1.807) is 19.1 Å². The Balaban J connectivity index is 2.52. The number of piperazine rings is 1. The summed E-state index contributed by atoms with van der Waals surface area (Å²) < 4.78 is 9.96. The maximum absolute atomic E-state index is 12.3. The van der Waals surface area contributed by atoms with Crippen molar-refractivity contribution in [2.75, 3.05) is 79.9 Å². The van der Waals surface area contributed by atoms with E-state index in [9.17, 15) is 9.59 Å². The minimum Gasteiger partial charge on any atom is -0.395 e. The van der Waals surface area contributed by atoms with Gasteiger partial charge < -0.3 is 24.4 Å². The number of hydrogen-bond donors (Lipinski definition) is 1. The molecule has 1 heterocycles. The van der Waals surface area contributed by atoms with Crippen LogP contribution >= 0.6 is 0 Å². The van der Waals surface area contributed by atoms with Gasteiger partial charge in [-0.1, -0.05) is 0 Å². The number of amides is 2. The first-order valence-electron chi connectivity index (χ1n) is 7.53. The van der Waals surface area contributed by atoms with Gasteiger partial charge in [0.15, 0.2) is 0 Å². The van der Waals surface area contributed by atoms with Gasteiger partial charge in [0, 0.05) is 60.0 Å². The molecule has 0 bridgehead atoms. The van der Waals surface area contributed by atoms with Crippen LogP contribution in [-0.2, 0) is 19.1 Å². The molecule has 0 aromatic carbocycles. The highest BCUT2D eigenvalue weighted by atomic mass is 16.5. The minimum absolute atomic E-state index is 0.106. The van der Waals surface area contributed by atoms with Gasteiger partial charge in [-0.2, -0.15) is 0 Å². The Hall–Kier alpha value is -1.22. The molecule has 0 saturated carbocycles. The number of ether oxygens (including phenoxy) is 2. The normalized spacial score (nSPS) is 15.9. The van der Waals surface area contributed by atoms with Crippen molar-refractivity contribution in [3.8, 4) is 0 Å². The van der Waals surface area contributed by atoms with Gasteiger partial charge in [0.25, 0.3) is 0 Å². The number of rotatable bonds is 8. The van der Waals surface area contributed by atoms with Gasteiger partial charge in [-0.3, -0.25) is 14.5 Å². The summed E-state index contributed by atoms with van der Waals surface area (Å²) in [4.78, 5) is 29.8. The van der Waals surface area contributed by atoms with Crippen molar-refractivity contribution in [1.29, 1.82) is 0 Å². The van der Waals surface area contributed by atoms with Crippen molar-refractivity contribution in [2.24, 2.45) is 0 Å². The van der Waals surface area contributed by atoms with Crippen molar-refractivity contribution < 1.29 is 24.2 Å². The fraction of sp³-hybridized carbons (Fsp3) is 0.857. The zero-order valence-electron chi connectivity index (χ0n) is 13.5. The van der Waals surface area contributed by atoms with Crippen molar-refractivity contribution in [1.82, 2.24) is 14.7 Å². The smallest absolute Gasteiger partial charge is 0.312 e. The molecule has 0 aromatic heterocycles. The molecular weight excluding hydrogens is 290 g/mol. The summed E-state index contributed by atoms with van der Waals surface area (Å²) in [7, 11) is 3.11. The van der Waals surface area contributed by atoms with Gasteiger partial charge in [-0.05, 0) is 0 Å². The molecule has 2 amide bonds. The lowest BCUT2D eigenvalue weighted by molar-refractivity contribution is -0.153. The maximum Gasteiger partial charge on any atom is 0.312 e. The molecule has 1 rings (SSSR count). The maximum atomic E-state index is 12.3. The molecule has 0 aliphatic carbocycles. The lowest BCUT2D eigenvalue weighted by Gasteiger charge is -2.35. The third-order valence-corrected chi connectivity index (χ3v) is 3.68. The summed E-state index contributed by atoms with van der Waals surface area (Å²) in [5.74, 6) is -0.986. The zero-order chi connectivity index (χ0) is 16.4. The number of nitrogens with zero attached hydrogens (tertiary/aromatic N) is 3. The monoisotopic (exact) mass is 317 g/mol. The third kappa shape index (κ3) is 5.88.